The van der Waals surface area contributed by atoms with Gasteiger partial charge < -0.3 is 10.6 Å². The number of aryl methyl sites for hydroxylation is 1. The summed E-state index contributed by atoms with van der Waals surface area (Å²) in [5.74, 6) is -0.572. The number of carbonyl (C=O) groups is 1. The number of rotatable bonds is 3. The molecule has 0 bridgehead atoms. The second kappa shape index (κ2) is 7.67. The smallest absolute Gasteiger partial charge is 0.363 e. The Labute approximate surface area is 185 Å². The van der Waals surface area contributed by atoms with Crippen LogP contribution in [0.3, 0.4) is 0 Å². The summed E-state index contributed by atoms with van der Waals surface area (Å²) < 4.78 is 42.3. The molecule has 0 saturated carbocycles. The maximum atomic E-state index is 13.8. The third-order valence-corrected chi connectivity index (χ3v) is 7.15. The van der Waals surface area contributed by atoms with E-state index < -0.39 is 24.2 Å². The number of aromatic nitrogens is 2. The van der Waals surface area contributed by atoms with E-state index in [0.29, 0.717) is 16.1 Å². The van der Waals surface area contributed by atoms with Crippen LogP contribution in [-0.4, -0.2) is 21.9 Å². The summed E-state index contributed by atoms with van der Waals surface area (Å²) in [5, 5.41) is 19.7. The van der Waals surface area contributed by atoms with Crippen LogP contribution in [0.4, 0.5) is 24.0 Å². The van der Waals surface area contributed by atoms with Crippen LogP contribution in [-0.2, 0) is 12.8 Å². The molecule has 2 atom stereocenters. The zero-order valence-electron chi connectivity index (χ0n) is 16.7. The van der Waals surface area contributed by atoms with Crippen LogP contribution >= 0.6 is 11.3 Å². The summed E-state index contributed by atoms with van der Waals surface area (Å²) in [6, 6.07) is 8.50. The lowest BCUT2D eigenvalue weighted by Gasteiger charge is -2.34. The van der Waals surface area contributed by atoms with Gasteiger partial charge in [0.1, 0.15) is 22.5 Å². The number of anilines is 2. The third-order valence-electron chi connectivity index (χ3n) is 5.95. The molecule has 164 valence electrons. The minimum Gasteiger partial charge on any atom is -0.363 e. The first kappa shape index (κ1) is 20.6. The van der Waals surface area contributed by atoms with E-state index in [4.69, 9.17) is 0 Å². The minimum atomic E-state index is -4.52. The fourth-order valence-corrected chi connectivity index (χ4v) is 5.65. The number of carbonyl (C=O) groups excluding carboxylic acids is 1. The lowest BCUT2D eigenvalue weighted by molar-refractivity contribution is -0.173. The number of alkyl halides is 3. The van der Waals surface area contributed by atoms with Crippen LogP contribution in [0, 0.1) is 11.3 Å². The van der Waals surface area contributed by atoms with Crippen molar-refractivity contribution in [2.75, 3.05) is 10.6 Å². The molecule has 2 aliphatic rings. The van der Waals surface area contributed by atoms with Crippen molar-refractivity contribution >= 4 is 28.1 Å². The van der Waals surface area contributed by atoms with Gasteiger partial charge in [-0.1, -0.05) is 30.3 Å². The molecule has 0 radical (unpaired) electrons. The summed E-state index contributed by atoms with van der Waals surface area (Å²) >= 11 is 1.36. The zero-order chi connectivity index (χ0) is 22.5. The molecule has 0 unspecified atom stereocenters. The van der Waals surface area contributed by atoms with Gasteiger partial charge in [0, 0.05) is 11.3 Å². The summed E-state index contributed by atoms with van der Waals surface area (Å²) in [6.07, 6.45) is -0.976. The third kappa shape index (κ3) is 3.42. The van der Waals surface area contributed by atoms with E-state index in [-0.39, 0.29) is 17.8 Å². The van der Waals surface area contributed by atoms with Crippen molar-refractivity contribution in [1.29, 1.82) is 5.26 Å². The van der Waals surface area contributed by atoms with Crippen molar-refractivity contribution in [3.63, 3.8) is 0 Å². The number of amides is 1. The van der Waals surface area contributed by atoms with Gasteiger partial charge in [0.2, 0.25) is 0 Å². The van der Waals surface area contributed by atoms with Crippen LogP contribution < -0.4 is 10.6 Å². The molecule has 6 nitrogen and oxygen atoms in total. The van der Waals surface area contributed by atoms with Gasteiger partial charge in [-0.3, -0.25) is 4.79 Å². The van der Waals surface area contributed by atoms with Gasteiger partial charge in [0.05, 0.1) is 17.8 Å². The molecule has 5 rings (SSSR count). The number of nitriles is 1. The molecule has 0 spiro atoms. The predicted molar refractivity (Wildman–Crippen MR) is 114 cm³/mol. The van der Waals surface area contributed by atoms with Crippen molar-refractivity contribution in [3.8, 4) is 6.07 Å². The Balaban J connectivity index is 1.49. The first-order valence-corrected chi connectivity index (χ1v) is 11.0. The van der Waals surface area contributed by atoms with Crippen LogP contribution in [0.15, 0.2) is 36.5 Å². The van der Waals surface area contributed by atoms with Gasteiger partial charge in [-0.05, 0) is 30.4 Å². The Morgan fingerprint density at radius 1 is 1.28 bits per heavy atom. The maximum Gasteiger partial charge on any atom is 0.410 e. The van der Waals surface area contributed by atoms with Crippen molar-refractivity contribution in [3.05, 3.63) is 63.7 Å². The molecule has 1 amide bonds. The number of nitrogens with one attached hydrogen (secondary N) is 2. The zero-order valence-corrected chi connectivity index (χ0v) is 17.6. The number of fused-ring (bicyclic) bond motifs is 2. The van der Waals surface area contributed by atoms with E-state index in [0.717, 1.165) is 40.6 Å². The summed E-state index contributed by atoms with van der Waals surface area (Å²) in [4.78, 5) is 14.1. The lowest BCUT2D eigenvalue weighted by atomic mass is 9.96. The van der Waals surface area contributed by atoms with E-state index in [2.05, 4.69) is 21.8 Å². The molecule has 0 fully saturated rings. The molecule has 3 aromatic rings. The quantitative estimate of drug-likeness (QED) is 0.565. The number of thiophene rings is 1. The Kier molecular flexibility index (Phi) is 4.93. The van der Waals surface area contributed by atoms with E-state index in [1.807, 2.05) is 0 Å². The fraction of sp³-hybridized carbons (Fsp3) is 0.318. The normalized spacial score (nSPS) is 19.6. The van der Waals surface area contributed by atoms with Crippen molar-refractivity contribution in [1.82, 2.24) is 9.78 Å². The fourth-order valence-electron chi connectivity index (χ4n) is 4.41. The molecule has 3 heterocycles. The second-order valence-corrected chi connectivity index (χ2v) is 8.98. The van der Waals surface area contributed by atoms with Gasteiger partial charge >= 0.3 is 6.18 Å². The monoisotopic (exact) mass is 457 g/mol. The van der Waals surface area contributed by atoms with Crippen LogP contribution in [0.1, 0.15) is 56.9 Å². The highest BCUT2D eigenvalue weighted by Crippen LogP contribution is 2.45. The van der Waals surface area contributed by atoms with Gasteiger partial charge in [-0.15, -0.1) is 11.3 Å². The maximum absolute atomic E-state index is 13.8. The molecule has 32 heavy (non-hydrogen) atoms. The van der Waals surface area contributed by atoms with E-state index >= 15 is 0 Å². The predicted octanol–water partition coefficient (Wildman–Crippen LogP) is 5.22. The summed E-state index contributed by atoms with van der Waals surface area (Å²) in [5.41, 5.74) is 2.11. The number of benzene rings is 1. The molecule has 1 aliphatic carbocycles. The average Bonchev–Trinajstić information content (AvgIpc) is 3.47. The van der Waals surface area contributed by atoms with Crippen LogP contribution in [0.25, 0.3) is 0 Å². The number of hydrogen-bond acceptors (Lipinski definition) is 5. The van der Waals surface area contributed by atoms with E-state index in [1.165, 1.54) is 11.3 Å². The number of halogens is 3. The lowest BCUT2D eigenvalue weighted by Crippen LogP contribution is -2.36. The van der Waals surface area contributed by atoms with Gasteiger partial charge in [0.25, 0.3) is 5.91 Å². The van der Waals surface area contributed by atoms with Crippen LogP contribution in [0.5, 0.6) is 0 Å². The highest BCUT2D eigenvalue weighted by atomic mass is 32.1. The molecule has 2 aromatic heterocycles. The highest BCUT2D eigenvalue weighted by Gasteiger charge is 2.47. The summed E-state index contributed by atoms with van der Waals surface area (Å²) in [7, 11) is 0. The highest BCUT2D eigenvalue weighted by molar-refractivity contribution is 7.16. The van der Waals surface area contributed by atoms with Crippen molar-refractivity contribution in [2.45, 2.75) is 43.9 Å². The van der Waals surface area contributed by atoms with Crippen LogP contribution in [0.2, 0.25) is 0 Å². The van der Waals surface area contributed by atoms with Gasteiger partial charge in [-0.2, -0.15) is 23.5 Å². The van der Waals surface area contributed by atoms with Crippen molar-refractivity contribution < 1.29 is 18.0 Å². The Hall–Kier alpha value is -3.32. The molecule has 1 aliphatic heterocycles. The van der Waals surface area contributed by atoms with E-state index in [1.54, 1.807) is 30.3 Å². The molecule has 0 saturated heterocycles. The first-order chi connectivity index (χ1) is 15.4. The number of hydrogen-bond donors (Lipinski definition) is 2. The topological polar surface area (TPSA) is 82.7 Å². The average molecular weight is 457 g/mol. The molecule has 1 aromatic carbocycles. The standard InChI is InChI=1S/C22H18F3N5OS/c23-22(24,25)18-9-16(12-5-2-1-3-6-12)28-19-15(11-27-30(18)19)20(31)29-21-14(10-26)13-7-4-8-17(13)32-21/h1-3,5-6,11,16,18,28H,4,7-9H2,(H,29,31)/t16-,18+/m0/s1. The number of nitrogens with zero attached hydrogens (tertiary/aromatic N) is 3. The summed E-state index contributed by atoms with van der Waals surface area (Å²) in [6.45, 7) is 0. The van der Waals surface area contributed by atoms with Crippen molar-refractivity contribution in [2.24, 2.45) is 0 Å². The molecule has 2 N–H and O–H groups in total. The Morgan fingerprint density at radius 2 is 2.06 bits per heavy atom. The largest absolute Gasteiger partial charge is 0.410 e. The SMILES string of the molecule is N#Cc1c(NC(=O)c2cnn3c2N[C@H](c2ccccc2)C[C@@H]3C(F)(F)F)sc2c1CCC2. The second-order valence-electron chi connectivity index (χ2n) is 7.88. The van der Waals surface area contributed by atoms with Gasteiger partial charge in [0.15, 0.2) is 6.04 Å². The molecular formula is C22H18F3N5OS. The Bertz CT molecular complexity index is 1220. The molecular weight excluding hydrogens is 439 g/mol. The Morgan fingerprint density at radius 3 is 2.78 bits per heavy atom. The minimum absolute atomic E-state index is 0.0114. The van der Waals surface area contributed by atoms with E-state index in [9.17, 15) is 23.2 Å². The molecule has 10 heteroatoms. The van der Waals surface area contributed by atoms with Gasteiger partial charge in [-0.25, -0.2) is 4.68 Å². The first-order valence-electron chi connectivity index (χ1n) is 10.2.